The van der Waals surface area contributed by atoms with Crippen LogP contribution in [0.15, 0.2) is 46.6 Å². The molecule has 16 heavy (non-hydrogen) atoms. The number of aromatic nitrogens is 2. The average Bonchev–Trinajstić information content (AvgIpc) is 2.30. The zero-order chi connectivity index (χ0) is 11.4. The van der Waals surface area contributed by atoms with Crippen LogP contribution in [-0.2, 0) is 0 Å². The topological polar surface area (TPSA) is 35.0 Å². The smallest absolute Gasteiger partial charge is 0.217 e. The van der Waals surface area contributed by atoms with Gasteiger partial charge in [-0.05, 0) is 24.3 Å². The van der Waals surface area contributed by atoms with E-state index in [-0.39, 0.29) is 0 Å². The van der Waals surface area contributed by atoms with Gasteiger partial charge in [-0.25, -0.2) is 9.97 Å². The van der Waals surface area contributed by atoms with E-state index in [1.807, 2.05) is 24.3 Å². The Morgan fingerprint density at radius 1 is 1.19 bits per heavy atom. The number of rotatable bonds is 3. The second-order valence-corrected chi connectivity index (χ2v) is 4.05. The van der Waals surface area contributed by atoms with Crippen LogP contribution in [0.3, 0.4) is 0 Å². The van der Waals surface area contributed by atoms with Gasteiger partial charge in [-0.15, -0.1) is 0 Å². The fourth-order valence-electron chi connectivity index (χ4n) is 1.14. The molecule has 1 heterocycles. The molecule has 1 aromatic carbocycles. The maximum absolute atomic E-state index is 12.8. The van der Waals surface area contributed by atoms with Crippen molar-refractivity contribution in [2.24, 2.45) is 0 Å². The molecule has 0 aliphatic rings. The van der Waals surface area contributed by atoms with Crippen molar-refractivity contribution in [1.82, 2.24) is 9.97 Å². The van der Waals surface area contributed by atoms with Gasteiger partial charge in [0.05, 0.1) is 7.11 Å². The Labute approximate surface area is 96.7 Å². The molecule has 0 N–H and O–H groups in total. The van der Waals surface area contributed by atoms with Gasteiger partial charge in [0.25, 0.3) is 0 Å². The van der Waals surface area contributed by atoms with Crippen LogP contribution in [-0.4, -0.2) is 17.1 Å². The molecular formula is C11H9FN2OS. The van der Waals surface area contributed by atoms with Gasteiger partial charge in [-0.1, -0.05) is 11.8 Å². The third-order valence-corrected chi connectivity index (χ3v) is 2.83. The number of ether oxygens (including phenoxy) is 1. The predicted molar refractivity (Wildman–Crippen MR) is 59.1 cm³/mol. The summed E-state index contributed by atoms with van der Waals surface area (Å²) in [7, 11) is 1.61. The van der Waals surface area contributed by atoms with E-state index in [2.05, 4.69) is 9.97 Å². The summed E-state index contributed by atoms with van der Waals surface area (Å²) in [6.07, 6.45) is 1.21. The summed E-state index contributed by atoms with van der Waals surface area (Å²) in [5.41, 5.74) is 0. The summed E-state index contributed by atoms with van der Waals surface area (Å²) < 4.78 is 17.8. The maximum atomic E-state index is 12.8. The Kier molecular flexibility index (Phi) is 3.36. The summed E-state index contributed by atoms with van der Waals surface area (Å²) >= 11 is 1.37. The SMILES string of the molecule is COc1ccc(Sc2cc(F)ncn2)cc1. The van der Waals surface area contributed by atoms with Gasteiger partial charge in [-0.3, -0.25) is 0 Å². The van der Waals surface area contributed by atoms with Crippen molar-refractivity contribution in [2.75, 3.05) is 7.11 Å². The molecule has 0 unspecified atom stereocenters. The van der Waals surface area contributed by atoms with Gasteiger partial charge in [-0.2, -0.15) is 4.39 Å². The van der Waals surface area contributed by atoms with E-state index in [1.165, 1.54) is 24.2 Å². The number of hydrogen-bond acceptors (Lipinski definition) is 4. The van der Waals surface area contributed by atoms with Crippen molar-refractivity contribution in [3.63, 3.8) is 0 Å². The first kappa shape index (κ1) is 10.9. The van der Waals surface area contributed by atoms with E-state index < -0.39 is 5.95 Å². The number of methoxy groups -OCH3 is 1. The average molecular weight is 236 g/mol. The minimum atomic E-state index is -0.522. The lowest BCUT2D eigenvalue weighted by Gasteiger charge is -2.02. The van der Waals surface area contributed by atoms with Gasteiger partial charge in [0.15, 0.2) is 0 Å². The van der Waals surface area contributed by atoms with Gasteiger partial charge in [0.2, 0.25) is 5.95 Å². The summed E-state index contributed by atoms with van der Waals surface area (Å²) in [5, 5.41) is 0.581. The molecule has 0 radical (unpaired) electrons. The molecule has 1 aromatic heterocycles. The molecule has 0 spiro atoms. The van der Waals surface area contributed by atoms with E-state index >= 15 is 0 Å². The lowest BCUT2D eigenvalue weighted by atomic mass is 10.3. The van der Waals surface area contributed by atoms with Crippen LogP contribution in [0, 0.1) is 5.95 Å². The van der Waals surface area contributed by atoms with Crippen molar-refractivity contribution in [3.05, 3.63) is 42.6 Å². The van der Waals surface area contributed by atoms with Gasteiger partial charge < -0.3 is 4.74 Å². The Morgan fingerprint density at radius 3 is 2.56 bits per heavy atom. The predicted octanol–water partition coefficient (Wildman–Crippen LogP) is 2.78. The second kappa shape index (κ2) is 4.94. The first-order valence-corrected chi connectivity index (χ1v) is 5.39. The van der Waals surface area contributed by atoms with Gasteiger partial charge >= 0.3 is 0 Å². The van der Waals surface area contributed by atoms with E-state index in [4.69, 9.17) is 4.74 Å². The Morgan fingerprint density at radius 2 is 1.94 bits per heavy atom. The molecule has 0 bridgehead atoms. The fourth-order valence-corrected chi connectivity index (χ4v) is 1.91. The summed E-state index contributed by atoms with van der Waals surface area (Å²) in [6.45, 7) is 0. The molecule has 5 heteroatoms. The lowest BCUT2D eigenvalue weighted by molar-refractivity contribution is 0.414. The highest BCUT2D eigenvalue weighted by Crippen LogP contribution is 2.27. The van der Waals surface area contributed by atoms with Gasteiger partial charge in [0, 0.05) is 11.0 Å². The molecule has 2 aromatic rings. The zero-order valence-electron chi connectivity index (χ0n) is 8.55. The normalized spacial score (nSPS) is 10.1. The number of nitrogens with zero attached hydrogens (tertiary/aromatic N) is 2. The van der Waals surface area contributed by atoms with E-state index in [0.29, 0.717) is 5.03 Å². The molecule has 0 saturated carbocycles. The van der Waals surface area contributed by atoms with E-state index in [9.17, 15) is 4.39 Å². The first-order valence-electron chi connectivity index (χ1n) is 4.57. The lowest BCUT2D eigenvalue weighted by Crippen LogP contribution is -1.86. The van der Waals surface area contributed by atoms with Crippen LogP contribution in [0.25, 0.3) is 0 Å². The summed E-state index contributed by atoms with van der Waals surface area (Å²) in [6, 6.07) is 8.78. The highest BCUT2D eigenvalue weighted by Gasteiger charge is 2.01. The minimum absolute atomic E-state index is 0.522. The third kappa shape index (κ3) is 2.70. The van der Waals surface area contributed by atoms with Crippen LogP contribution < -0.4 is 4.74 Å². The van der Waals surface area contributed by atoms with Crippen molar-refractivity contribution in [1.29, 1.82) is 0 Å². The quantitative estimate of drug-likeness (QED) is 0.767. The maximum Gasteiger partial charge on any atom is 0.217 e. The van der Waals surface area contributed by atoms with E-state index in [0.717, 1.165) is 10.6 Å². The Balaban J connectivity index is 2.14. The molecule has 0 fully saturated rings. The molecule has 0 saturated heterocycles. The first-order chi connectivity index (χ1) is 7.78. The highest BCUT2D eigenvalue weighted by atomic mass is 32.2. The molecule has 0 amide bonds. The molecule has 0 aliphatic carbocycles. The van der Waals surface area contributed by atoms with Crippen molar-refractivity contribution >= 4 is 11.8 Å². The van der Waals surface area contributed by atoms with Crippen LogP contribution in [0.1, 0.15) is 0 Å². The van der Waals surface area contributed by atoms with Crippen LogP contribution in [0.5, 0.6) is 5.75 Å². The number of hydrogen-bond donors (Lipinski definition) is 0. The highest BCUT2D eigenvalue weighted by molar-refractivity contribution is 7.99. The van der Waals surface area contributed by atoms with Crippen LogP contribution in [0.2, 0.25) is 0 Å². The summed E-state index contributed by atoms with van der Waals surface area (Å²) in [4.78, 5) is 8.33. The van der Waals surface area contributed by atoms with Crippen molar-refractivity contribution in [3.8, 4) is 5.75 Å². The fraction of sp³-hybridized carbons (Fsp3) is 0.0909. The Hall–Kier alpha value is -1.62. The summed E-state index contributed by atoms with van der Waals surface area (Å²) in [5.74, 6) is 0.268. The standard InChI is InChI=1S/C11H9FN2OS/c1-15-8-2-4-9(5-3-8)16-11-6-10(12)13-7-14-11/h2-7H,1H3. The molecule has 0 atom stereocenters. The number of halogens is 1. The molecule has 0 aliphatic heterocycles. The molecule has 2 rings (SSSR count). The van der Waals surface area contributed by atoms with Crippen LogP contribution >= 0.6 is 11.8 Å². The van der Waals surface area contributed by atoms with E-state index in [1.54, 1.807) is 7.11 Å². The second-order valence-electron chi connectivity index (χ2n) is 2.96. The number of benzene rings is 1. The molecule has 82 valence electrons. The van der Waals surface area contributed by atoms with Crippen molar-refractivity contribution in [2.45, 2.75) is 9.92 Å². The molecule has 3 nitrogen and oxygen atoms in total. The molecular weight excluding hydrogens is 227 g/mol. The van der Waals surface area contributed by atoms with Gasteiger partial charge in [0.1, 0.15) is 17.1 Å². The minimum Gasteiger partial charge on any atom is -0.497 e. The Bertz CT molecular complexity index is 476. The van der Waals surface area contributed by atoms with Crippen molar-refractivity contribution < 1.29 is 9.13 Å². The monoisotopic (exact) mass is 236 g/mol. The zero-order valence-corrected chi connectivity index (χ0v) is 9.37. The largest absolute Gasteiger partial charge is 0.497 e. The van der Waals surface area contributed by atoms with Crippen LogP contribution in [0.4, 0.5) is 4.39 Å². The third-order valence-electron chi connectivity index (χ3n) is 1.89.